The molecular formula is C7H12NO3. The Morgan fingerprint density at radius 2 is 2.09 bits per heavy atom. The van der Waals surface area contributed by atoms with Crippen LogP contribution in [0.2, 0.25) is 0 Å². The Morgan fingerprint density at radius 1 is 1.55 bits per heavy atom. The van der Waals surface area contributed by atoms with Crippen molar-refractivity contribution < 1.29 is 14.3 Å². The number of esters is 1. The standard InChI is InChI=1S/C7H12NO3/c1-4-6(7(10)11-3)8-5(2)9/h4,6H,1-3H3,(H,8,9). The average Bonchev–Trinajstić information content (AvgIpc) is 1.98. The number of nitrogens with one attached hydrogen (secondary N) is 1. The third-order valence-corrected chi connectivity index (χ3v) is 1.15. The lowest BCUT2D eigenvalue weighted by atomic mass is 10.2. The lowest BCUT2D eigenvalue weighted by molar-refractivity contribution is -0.143. The largest absolute Gasteiger partial charge is 0.467 e. The predicted molar refractivity (Wildman–Crippen MR) is 39.6 cm³/mol. The molecule has 0 saturated heterocycles. The maximum Gasteiger partial charge on any atom is 0.328 e. The van der Waals surface area contributed by atoms with Gasteiger partial charge in [0.25, 0.3) is 0 Å². The summed E-state index contributed by atoms with van der Waals surface area (Å²) in [6.45, 7) is 3.02. The molecule has 0 aliphatic heterocycles. The van der Waals surface area contributed by atoms with Crippen LogP contribution in [0.5, 0.6) is 0 Å². The van der Waals surface area contributed by atoms with Gasteiger partial charge < -0.3 is 10.1 Å². The van der Waals surface area contributed by atoms with E-state index in [9.17, 15) is 9.59 Å². The highest BCUT2D eigenvalue weighted by Crippen LogP contribution is 1.91. The first-order valence-electron chi connectivity index (χ1n) is 3.26. The van der Waals surface area contributed by atoms with Crippen LogP contribution in [0.1, 0.15) is 13.8 Å². The topological polar surface area (TPSA) is 55.4 Å². The molecule has 0 fully saturated rings. The van der Waals surface area contributed by atoms with E-state index in [1.165, 1.54) is 14.0 Å². The maximum absolute atomic E-state index is 10.8. The number of hydrogen-bond acceptors (Lipinski definition) is 3. The molecule has 4 heteroatoms. The zero-order chi connectivity index (χ0) is 8.85. The van der Waals surface area contributed by atoms with Crippen LogP contribution in [0.3, 0.4) is 0 Å². The Balaban J connectivity index is 3.94. The van der Waals surface area contributed by atoms with Gasteiger partial charge in [0.1, 0.15) is 6.04 Å². The molecular weight excluding hydrogens is 146 g/mol. The van der Waals surface area contributed by atoms with Crippen LogP contribution >= 0.6 is 0 Å². The van der Waals surface area contributed by atoms with Gasteiger partial charge >= 0.3 is 5.97 Å². The molecule has 4 nitrogen and oxygen atoms in total. The highest BCUT2D eigenvalue weighted by molar-refractivity contribution is 5.84. The Labute approximate surface area is 65.9 Å². The van der Waals surface area contributed by atoms with E-state index in [2.05, 4.69) is 10.1 Å². The van der Waals surface area contributed by atoms with Gasteiger partial charge in [-0.15, -0.1) is 0 Å². The summed E-state index contributed by atoms with van der Waals surface area (Å²) in [5.74, 6) is -0.707. The van der Waals surface area contributed by atoms with E-state index < -0.39 is 12.0 Å². The number of ether oxygens (including phenoxy) is 1. The summed E-state index contributed by atoms with van der Waals surface area (Å²) < 4.78 is 4.42. The van der Waals surface area contributed by atoms with Crippen LogP contribution in [0.25, 0.3) is 0 Å². The first kappa shape index (κ1) is 9.94. The molecule has 0 aromatic heterocycles. The second kappa shape index (κ2) is 4.71. The van der Waals surface area contributed by atoms with Crippen molar-refractivity contribution in [3.63, 3.8) is 0 Å². The molecule has 0 aliphatic carbocycles. The summed E-state index contributed by atoms with van der Waals surface area (Å²) in [5, 5.41) is 2.41. The molecule has 1 atom stereocenters. The number of rotatable bonds is 3. The smallest absolute Gasteiger partial charge is 0.328 e. The fraction of sp³-hybridized carbons (Fsp3) is 0.571. The van der Waals surface area contributed by atoms with Crippen molar-refractivity contribution in [2.24, 2.45) is 0 Å². The minimum atomic E-state index is -0.627. The van der Waals surface area contributed by atoms with E-state index in [4.69, 9.17) is 0 Å². The quantitative estimate of drug-likeness (QED) is 0.583. The van der Waals surface area contributed by atoms with Crippen LogP contribution in [0.15, 0.2) is 0 Å². The van der Waals surface area contributed by atoms with Crippen LogP contribution in [-0.2, 0) is 14.3 Å². The van der Waals surface area contributed by atoms with Crippen molar-refractivity contribution in [1.82, 2.24) is 5.32 Å². The third kappa shape index (κ3) is 3.60. The molecule has 11 heavy (non-hydrogen) atoms. The normalized spacial score (nSPS) is 11.9. The Morgan fingerprint density at radius 3 is 2.36 bits per heavy atom. The minimum absolute atomic E-state index is 0.251. The lowest BCUT2D eigenvalue weighted by Crippen LogP contribution is -2.40. The second-order valence-electron chi connectivity index (χ2n) is 2.03. The molecule has 0 aromatic carbocycles. The van der Waals surface area contributed by atoms with Gasteiger partial charge in [-0.3, -0.25) is 4.79 Å². The Hall–Kier alpha value is -1.06. The number of amides is 1. The first-order chi connectivity index (χ1) is 5.11. The molecule has 0 saturated carbocycles. The summed E-state index contributed by atoms with van der Waals surface area (Å²) in [4.78, 5) is 21.3. The molecule has 0 bridgehead atoms. The van der Waals surface area contributed by atoms with Crippen molar-refractivity contribution >= 4 is 11.9 Å². The summed E-state index contributed by atoms with van der Waals surface area (Å²) >= 11 is 0. The molecule has 0 aromatic rings. The van der Waals surface area contributed by atoms with Crippen molar-refractivity contribution in [2.45, 2.75) is 19.9 Å². The minimum Gasteiger partial charge on any atom is -0.467 e. The van der Waals surface area contributed by atoms with Gasteiger partial charge in [0, 0.05) is 6.92 Å². The van der Waals surface area contributed by atoms with Crippen LogP contribution in [0, 0.1) is 6.42 Å². The fourth-order valence-corrected chi connectivity index (χ4v) is 0.624. The third-order valence-electron chi connectivity index (χ3n) is 1.15. The molecule has 0 rings (SSSR count). The van der Waals surface area contributed by atoms with Gasteiger partial charge in [-0.05, 0) is 6.42 Å². The highest BCUT2D eigenvalue weighted by atomic mass is 16.5. The number of hydrogen-bond donors (Lipinski definition) is 1. The second-order valence-corrected chi connectivity index (χ2v) is 2.03. The molecule has 1 N–H and O–H groups in total. The van der Waals surface area contributed by atoms with Gasteiger partial charge in [0.05, 0.1) is 7.11 Å². The summed E-state index contributed by atoms with van der Waals surface area (Å²) in [6, 6.07) is -0.627. The molecule has 0 heterocycles. The summed E-state index contributed by atoms with van der Waals surface area (Å²) in [5.41, 5.74) is 0. The molecule has 0 spiro atoms. The number of carbonyl (C=O) groups excluding carboxylic acids is 2. The van der Waals surface area contributed by atoms with Gasteiger partial charge in [-0.2, -0.15) is 0 Å². The SMILES string of the molecule is C[CH]C(NC(C)=O)C(=O)OC. The number of carbonyl (C=O) groups is 2. The van der Waals surface area contributed by atoms with Crippen LogP contribution < -0.4 is 5.32 Å². The molecule has 63 valence electrons. The average molecular weight is 158 g/mol. The van der Waals surface area contributed by atoms with E-state index >= 15 is 0 Å². The van der Waals surface area contributed by atoms with E-state index in [-0.39, 0.29) is 5.91 Å². The van der Waals surface area contributed by atoms with Crippen molar-refractivity contribution in [3.8, 4) is 0 Å². The van der Waals surface area contributed by atoms with Gasteiger partial charge in [0.2, 0.25) is 5.91 Å². The van der Waals surface area contributed by atoms with Crippen LogP contribution in [0.4, 0.5) is 0 Å². The van der Waals surface area contributed by atoms with Crippen molar-refractivity contribution in [3.05, 3.63) is 6.42 Å². The zero-order valence-corrected chi connectivity index (χ0v) is 6.88. The zero-order valence-electron chi connectivity index (χ0n) is 6.88. The summed E-state index contributed by atoms with van der Waals surface area (Å²) in [6.07, 6.45) is 1.56. The monoisotopic (exact) mass is 158 g/mol. The maximum atomic E-state index is 10.8. The van der Waals surface area contributed by atoms with Crippen molar-refractivity contribution in [1.29, 1.82) is 0 Å². The first-order valence-corrected chi connectivity index (χ1v) is 3.26. The fourth-order valence-electron chi connectivity index (χ4n) is 0.624. The van der Waals surface area contributed by atoms with Crippen molar-refractivity contribution in [2.75, 3.05) is 7.11 Å². The van der Waals surface area contributed by atoms with E-state index in [1.807, 2.05) is 0 Å². The lowest BCUT2D eigenvalue weighted by Gasteiger charge is -2.11. The molecule has 1 unspecified atom stereocenters. The van der Waals surface area contributed by atoms with E-state index in [0.29, 0.717) is 0 Å². The summed E-state index contributed by atoms with van der Waals surface area (Å²) in [7, 11) is 1.28. The van der Waals surface area contributed by atoms with E-state index in [0.717, 1.165) is 0 Å². The predicted octanol–water partition coefficient (Wildman–Crippen LogP) is -0.112. The Kier molecular flexibility index (Phi) is 4.26. The van der Waals surface area contributed by atoms with Gasteiger partial charge in [-0.25, -0.2) is 4.79 Å². The van der Waals surface area contributed by atoms with E-state index in [1.54, 1.807) is 13.3 Å². The molecule has 1 radical (unpaired) electrons. The number of methoxy groups -OCH3 is 1. The Bertz CT molecular complexity index is 156. The molecule has 0 aliphatic rings. The highest BCUT2D eigenvalue weighted by Gasteiger charge is 2.16. The van der Waals surface area contributed by atoms with Gasteiger partial charge in [-0.1, -0.05) is 6.92 Å². The van der Waals surface area contributed by atoms with Gasteiger partial charge in [0.15, 0.2) is 0 Å². The molecule has 1 amide bonds. The van der Waals surface area contributed by atoms with Crippen LogP contribution in [-0.4, -0.2) is 25.0 Å².